The molecule has 0 spiro atoms. The van der Waals surface area contributed by atoms with Crippen LogP contribution in [0.3, 0.4) is 0 Å². The summed E-state index contributed by atoms with van der Waals surface area (Å²) in [5.74, 6) is 0. The Bertz CT molecular complexity index is 776. The van der Waals surface area contributed by atoms with Crippen LogP contribution in [0, 0.1) is 0 Å². The van der Waals surface area contributed by atoms with Crippen molar-refractivity contribution in [1.29, 1.82) is 0 Å². The second-order valence-corrected chi connectivity index (χ2v) is 5.49. The van der Waals surface area contributed by atoms with Crippen molar-refractivity contribution in [1.82, 2.24) is 0 Å². The lowest BCUT2D eigenvalue weighted by Crippen LogP contribution is -1.88. The number of isocyanates is 2. The first kappa shape index (κ1) is 16.6. The van der Waals surface area contributed by atoms with Gasteiger partial charge in [0.1, 0.15) is 0 Å². The van der Waals surface area contributed by atoms with Crippen molar-refractivity contribution in [2.75, 3.05) is 0 Å². The van der Waals surface area contributed by atoms with Crippen LogP contribution in [0.15, 0.2) is 80.1 Å². The molecular weight excluding hydrogens is 288 g/mol. The van der Waals surface area contributed by atoms with Gasteiger partial charge < -0.3 is 0 Å². The van der Waals surface area contributed by atoms with Gasteiger partial charge in [-0.1, -0.05) is 36.0 Å². The number of hydrogen-bond acceptors (Lipinski definition) is 4. The summed E-state index contributed by atoms with van der Waals surface area (Å²) in [6, 6.07) is 0. The summed E-state index contributed by atoms with van der Waals surface area (Å²) in [4.78, 5) is 28.4. The van der Waals surface area contributed by atoms with E-state index in [4.69, 9.17) is 0 Å². The molecule has 2 aliphatic rings. The van der Waals surface area contributed by atoms with Crippen LogP contribution in [0.25, 0.3) is 0 Å². The molecule has 0 aromatic carbocycles. The normalized spacial score (nSPS) is 17.7. The smallest absolute Gasteiger partial charge is 0.211 e. The molecule has 0 unspecified atom stereocenters. The molecule has 0 saturated heterocycles. The Morgan fingerprint density at radius 3 is 2.61 bits per heavy atom. The second-order valence-electron chi connectivity index (χ2n) is 5.49. The Hall–Kier alpha value is -2.80. The number of nitrogens with zero attached hydrogens (tertiary/aromatic N) is 2. The van der Waals surface area contributed by atoms with Gasteiger partial charge in [0.25, 0.3) is 0 Å². The Balaban J connectivity index is 2.22. The highest BCUT2D eigenvalue weighted by Gasteiger charge is 2.09. The summed E-state index contributed by atoms with van der Waals surface area (Å²) in [6.45, 7) is 3.88. The van der Waals surface area contributed by atoms with E-state index in [2.05, 4.69) is 28.2 Å². The van der Waals surface area contributed by atoms with Crippen molar-refractivity contribution in [2.24, 2.45) is 9.98 Å². The van der Waals surface area contributed by atoms with E-state index < -0.39 is 0 Å². The van der Waals surface area contributed by atoms with Gasteiger partial charge >= 0.3 is 0 Å². The van der Waals surface area contributed by atoms with Gasteiger partial charge in [-0.3, -0.25) is 0 Å². The zero-order chi connectivity index (χ0) is 16.7. The predicted molar refractivity (Wildman–Crippen MR) is 89.9 cm³/mol. The molecule has 0 bridgehead atoms. The predicted octanol–water partition coefficient (Wildman–Crippen LogP) is 4.37. The standard InChI is InChI=1S/C19H18N2O2/c1-14-9-16(5-3-7-18(14)20-12-22)11-17-6-4-8-19(21-13-23)15(2)10-17/h3,6-10H,4-5,11H2,1-2H3. The van der Waals surface area contributed by atoms with Crippen molar-refractivity contribution in [3.63, 3.8) is 0 Å². The van der Waals surface area contributed by atoms with E-state index in [1.54, 1.807) is 12.2 Å². The molecular formula is C19H18N2O2. The Kier molecular flexibility index (Phi) is 5.76. The van der Waals surface area contributed by atoms with Crippen molar-refractivity contribution in [3.8, 4) is 0 Å². The van der Waals surface area contributed by atoms with Crippen LogP contribution in [0.4, 0.5) is 0 Å². The average Bonchev–Trinajstić information content (AvgIpc) is 2.78. The van der Waals surface area contributed by atoms with Crippen molar-refractivity contribution >= 4 is 12.2 Å². The first-order valence-electron chi connectivity index (χ1n) is 7.44. The molecule has 0 N–H and O–H groups in total. The molecule has 0 aliphatic heterocycles. The third-order valence-corrected chi connectivity index (χ3v) is 3.74. The zero-order valence-electron chi connectivity index (χ0n) is 13.3. The van der Waals surface area contributed by atoms with Gasteiger partial charge in [-0.25, -0.2) is 9.59 Å². The molecule has 0 amide bonds. The summed E-state index contributed by atoms with van der Waals surface area (Å²) < 4.78 is 0. The van der Waals surface area contributed by atoms with Crippen molar-refractivity contribution in [2.45, 2.75) is 33.1 Å². The molecule has 116 valence electrons. The molecule has 4 heteroatoms. The van der Waals surface area contributed by atoms with Crippen molar-refractivity contribution < 1.29 is 9.59 Å². The van der Waals surface area contributed by atoms with E-state index >= 15 is 0 Å². The monoisotopic (exact) mass is 306 g/mol. The molecule has 0 radical (unpaired) electrons. The van der Waals surface area contributed by atoms with Crippen LogP contribution in [0.5, 0.6) is 0 Å². The first-order chi connectivity index (χ1) is 11.1. The fourth-order valence-electron chi connectivity index (χ4n) is 2.65. The Morgan fingerprint density at radius 1 is 1.09 bits per heavy atom. The van der Waals surface area contributed by atoms with Gasteiger partial charge in [0.05, 0.1) is 11.4 Å². The molecule has 0 aromatic heterocycles. The molecule has 0 aromatic rings. The lowest BCUT2D eigenvalue weighted by molar-refractivity contribution is 0.564. The molecule has 4 nitrogen and oxygen atoms in total. The molecule has 0 saturated carbocycles. The largest absolute Gasteiger partial charge is 0.240 e. The van der Waals surface area contributed by atoms with Crippen LogP contribution < -0.4 is 0 Å². The third-order valence-electron chi connectivity index (χ3n) is 3.74. The summed E-state index contributed by atoms with van der Waals surface area (Å²) in [5.41, 5.74) is 5.68. The van der Waals surface area contributed by atoms with Crippen LogP contribution in [-0.4, -0.2) is 12.2 Å². The van der Waals surface area contributed by atoms with Gasteiger partial charge in [-0.2, -0.15) is 9.98 Å². The number of hydrogen-bond donors (Lipinski definition) is 0. The van der Waals surface area contributed by atoms with E-state index in [1.807, 2.05) is 32.1 Å². The van der Waals surface area contributed by atoms with E-state index in [9.17, 15) is 9.59 Å². The second kappa shape index (κ2) is 8.00. The summed E-state index contributed by atoms with van der Waals surface area (Å²) in [5, 5.41) is 0. The van der Waals surface area contributed by atoms with E-state index in [-0.39, 0.29) is 0 Å². The molecule has 0 fully saturated rings. The maximum atomic E-state index is 10.5. The van der Waals surface area contributed by atoms with Gasteiger partial charge in [-0.05, 0) is 55.9 Å². The summed E-state index contributed by atoms with van der Waals surface area (Å²) >= 11 is 0. The van der Waals surface area contributed by atoms with E-state index in [1.165, 1.54) is 11.1 Å². The molecule has 2 rings (SSSR count). The van der Waals surface area contributed by atoms with E-state index in [0.29, 0.717) is 11.4 Å². The minimum atomic E-state index is 0.654. The van der Waals surface area contributed by atoms with Gasteiger partial charge in [-0.15, -0.1) is 0 Å². The Morgan fingerprint density at radius 2 is 1.87 bits per heavy atom. The first-order valence-corrected chi connectivity index (χ1v) is 7.44. The summed E-state index contributed by atoms with van der Waals surface area (Å²) in [6.07, 6.45) is 17.6. The highest BCUT2D eigenvalue weighted by Crippen LogP contribution is 2.27. The van der Waals surface area contributed by atoms with Crippen LogP contribution in [-0.2, 0) is 9.59 Å². The van der Waals surface area contributed by atoms with Crippen LogP contribution in [0.1, 0.15) is 33.1 Å². The van der Waals surface area contributed by atoms with Gasteiger partial charge in [0.2, 0.25) is 12.2 Å². The molecule has 2 aliphatic carbocycles. The van der Waals surface area contributed by atoms with Crippen LogP contribution >= 0.6 is 0 Å². The average molecular weight is 306 g/mol. The summed E-state index contributed by atoms with van der Waals surface area (Å²) in [7, 11) is 0. The highest BCUT2D eigenvalue weighted by atomic mass is 16.1. The van der Waals surface area contributed by atoms with Gasteiger partial charge in [0.15, 0.2) is 0 Å². The number of allylic oxidation sites excluding steroid dienone is 10. The number of aliphatic imine (C=N–C) groups is 2. The van der Waals surface area contributed by atoms with Crippen molar-refractivity contribution in [3.05, 3.63) is 70.1 Å². The highest BCUT2D eigenvalue weighted by molar-refractivity contribution is 5.48. The molecule has 0 heterocycles. The zero-order valence-corrected chi connectivity index (χ0v) is 13.3. The number of rotatable bonds is 4. The SMILES string of the molecule is CC1=CC(CC2=CC(C)=C(N=C=O)C=CC2)=CCC=C1N=C=O. The third kappa shape index (κ3) is 4.58. The quantitative estimate of drug-likeness (QED) is 0.572. The van der Waals surface area contributed by atoms with Gasteiger partial charge in [0, 0.05) is 0 Å². The maximum absolute atomic E-state index is 10.5. The minimum absolute atomic E-state index is 0.654. The fraction of sp³-hybridized carbons (Fsp3) is 0.263. The molecule has 23 heavy (non-hydrogen) atoms. The topological polar surface area (TPSA) is 58.9 Å². The van der Waals surface area contributed by atoms with Crippen LogP contribution in [0.2, 0.25) is 0 Å². The lowest BCUT2D eigenvalue weighted by Gasteiger charge is -2.07. The van der Waals surface area contributed by atoms with E-state index in [0.717, 1.165) is 30.4 Å². The molecule has 0 atom stereocenters. The fourth-order valence-corrected chi connectivity index (χ4v) is 2.65. The lowest BCUT2D eigenvalue weighted by atomic mass is 9.99. The minimum Gasteiger partial charge on any atom is -0.211 e. The Labute approximate surface area is 135 Å². The maximum Gasteiger partial charge on any atom is 0.240 e. The number of carbonyl (C=O) groups excluding carboxylic acids is 2.